The Bertz CT molecular complexity index is 1290. The summed E-state index contributed by atoms with van der Waals surface area (Å²) in [5.74, 6) is -0.246. The van der Waals surface area contributed by atoms with Crippen molar-refractivity contribution < 1.29 is 89.4 Å². The lowest BCUT2D eigenvalue weighted by Crippen LogP contribution is -2.66. The zero-order valence-electron chi connectivity index (χ0n) is 41.8. The highest BCUT2D eigenvalue weighted by atomic mass is 16.8. The monoisotopic (exact) mass is 998 g/mol. The second-order valence-corrected chi connectivity index (χ2v) is 19.7. The summed E-state index contributed by atoms with van der Waals surface area (Å²) in [6, 6.07) is -0.876. The lowest BCUT2D eigenvalue weighted by molar-refractivity contribution is -0.379. The van der Waals surface area contributed by atoms with Crippen molar-refractivity contribution in [3.05, 3.63) is 0 Å². The van der Waals surface area contributed by atoms with E-state index in [1.165, 1.54) is 89.9 Å². The van der Waals surface area contributed by atoms with Crippen molar-refractivity contribution in [3.63, 3.8) is 0 Å². The quantitative estimate of drug-likeness (QED) is 0.0396. The Morgan fingerprint density at radius 1 is 0.464 bits per heavy atom. The van der Waals surface area contributed by atoms with E-state index in [1.807, 2.05) is 0 Å². The van der Waals surface area contributed by atoms with Crippen molar-refractivity contribution in [1.29, 1.82) is 0 Å². The SMILES string of the molecule is CCCCCCCCCCCCCCCCCCCCC(=O)NC(COC1OC(CO)C(OC2OC(CO)C(OC3OC(CO)C(O)C(O)C3O)C(O)C2O)C(O)C1O)C(O)CCCCCCCC. The maximum atomic E-state index is 13.2. The van der Waals surface area contributed by atoms with Crippen molar-refractivity contribution in [1.82, 2.24) is 5.32 Å². The van der Waals surface area contributed by atoms with Gasteiger partial charge < -0.3 is 89.9 Å². The first-order valence-corrected chi connectivity index (χ1v) is 26.8. The van der Waals surface area contributed by atoms with Gasteiger partial charge in [0, 0.05) is 6.42 Å². The minimum absolute atomic E-state index is 0.246. The standard InChI is InChI=1S/C50H95NO18/c1-3-5-7-9-11-12-13-14-15-16-17-18-19-20-21-22-24-26-28-38(56)51-33(34(55)27-25-23-10-8-6-4-2)32-64-48-44(62)41(59)46(36(30-53)66-48)69-50-45(63)42(60)47(37(31-54)67-50)68-49-43(61)40(58)39(57)35(29-52)65-49/h33-37,39-50,52-55,57-63H,3-32H2,1-2H3,(H,51,56). The van der Waals surface area contributed by atoms with Crippen molar-refractivity contribution in [2.75, 3.05) is 26.4 Å². The van der Waals surface area contributed by atoms with E-state index in [1.54, 1.807) is 0 Å². The van der Waals surface area contributed by atoms with Crippen molar-refractivity contribution in [2.24, 2.45) is 0 Å². The Balaban J connectivity index is 1.47. The molecule has 0 aromatic carbocycles. The van der Waals surface area contributed by atoms with E-state index in [0.717, 1.165) is 57.8 Å². The number of amides is 1. The van der Waals surface area contributed by atoms with Gasteiger partial charge in [-0.15, -0.1) is 0 Å². The van der Waals surface area contributed by atoms with E-state index in [9.17, 15) is 61.0 Å². The van der Waals surface area contributed by atoms with Crippen molar-refractivity contribution >= 4 is 5.91 Å². The highest BCUT2D eigenvalue weighted by molar-refractivity contribution is 5.76. The molecule has 3 fully saturated rings. The fourth-order valence-electron chi connectivity index (χ4n) is 9.43. The number of aliphatic hydroxyl groups excluding tert-OH is 11. The van der Waals surface area contributed by atoms with Gasteiger partial charge in [-0.25, -0.2) is 0 Å². The molecule has 0 aromatic heterocycles. The molecule has 0 spiro atoms. The van der Waals surface area contributed by atoms with Crippen LogP contribution < -0.4 is 5.32 Å². The lowest BCUT2D eigenvalue weighted by atomic mass is 9.96. The van der Waals surface area contributed by atoms with E-state index in [4.69, 9.17) is 28.4 Å². The predicted octanol–water partition coefficient (Wildman–Crippen LogP) is 2.48. The summed E-state index contributed by atoms with van der Waals surface area (Å²) in [5.41, 5.74) is 0. The zero-order chi connectivity index (χ0) is 50.6. The first-order chi connectivity index (χ1) is 33.3. The molecule has 0 radical (unpaired) electrons. The molecule has 19 nitrogen and oxygen atoms in total. The number of carbonyl (C=O) groups excluding carboxylic acids is 1. The first kappa shape index (κ1) is 62.1. The number of aliphatic hydroxyl groups is 11. The van der Waals surface area contributed by atoms with Gasteiger partial charge in [0.2, 0.25) is 5.91 Å². The molecule has 0 aliphatic carbocycles. The van der Waals surface area contributed by atoms with E-state index < -0.39 is 124 Å². The molecule has 1 amide bonds. The van der Waals surface area contributed by atoms with Gasteiger partial charge in [-0.3, -0.25) is 4.79 Å². The molecule has 3 aliphatic rings. The molecule has 12 N–H and O–H groups in total. The number of nitrogens with one attached hydrogen (secondary N) is 1. The third kappa shape index (κ3) is 21.7. The summed E-state index contributed by atoms with van der Waals surface area (Å²) < 4.78 is 34.1. The fraction of sp³-hybridized carbons (Fsp3) is 0.980. The summed E-state index contributed by atoms with van der Waals surface area (Å²) in [5, 5.41) is 119. The van der Waals surface area contributed by atoms with Gasteiger partial charge in [-0.05, 0) is 12.8 Å². The Morgan fingerprint density at radius 3 is 1.26 bits per heavy atom. The van der Waals surface area contributed by atoms with Crippen LogP contribution in [0.15, 0.2) is 0 Å². The lowest BCUT2D eigenvalue weighted by Gasteiger charge is -2.48. The largest absolute Gasteiger partial charge is 0.394 e. The third-order valence-corrected chi connectivity index (χ3v) is 13.9. The number of rotatable bonds is 38. The fourth-order valence-corrected chi connectivity index (χ4v) is 9.43. The summed E-state index contributed by atoms with van der Waals surface area (Å²) in [7, 11) is 0. The van der Waals surface area contributed by atoms with Gasteiger partial charge in [-0.1, -0.05) is 162 Å². The summed E-state index contributed by atoms with van der Waals surface area (Å²) >= 11 is 0. The predicted molar refractivity (Wildman–Crippen MR) is 254 cm³/mol. The van der Waals surface area contributed by atoms with Gasteiger partial charge >= 0.3 is 0 Å². The van der Waals surface area contributed by atoms with E-state index in [0.29, 0.717) is 12.8 Å². The number of ether oxygens (including phenoxy) is 6. The van der Waals surface area contributed by atoms with E-state index in [2.05, 4.69) is 19.2 Å². The molecule has 3 aliphatic heterocycles. The normalized spacial score (nSPS) is 32.8. The molecular formula is C50H95NO18. The Labute approximate surface area is 411 Å². The smallest absolute Gasteiger partial charge is 0.220 e. The van der Waals surface area contributed by atoms with Crippen LogP contribution in [0.4, 0.5) is 0 Å². The third-order valence-electron chi connectivity index (χ3n) is 13.9. The molecule has 3 saturated heterocycles. The van der Waals surface area contributed by atoms with Gasteiger partial charge in [-0.2, -0.15) is 0 Å². The van der Waals surface area contributed by atoms with Crippen LogP contribution in [0.25, 0.3) is 0 Å². The maximum absolute atomic E-state index is 13.2. The molecule has 3 rings (SSSR count). The second kappa shape index (κ2) is 35.9. The molecule has 0 bridgehead atoms. The minimum Gasteiger partial charge on any atom is -0.394 e. The molecule has 19 heteroatoms. The Kier molecular flexibility index (Phi) is 32.3. The number of hydrogen-bond acceptors (Lipinski definition) is 18. The molecule has 0 saturated carbocycles. The van der Waals surface area contributed by atoms with Crippen LogP contribution in [-0.2, 0) is 33.2 Å². The number of carbonyl (C=O) groups is 1. The average Bonchev–Trinajstić information content (AvgIpc) is 3.34. The van der Waals surface area contributed by atoms with E-state index in [-0.39, 0.29) is 18.9 Å². The molecule has 3 heterocycles. The number of hydrogen-bond donors (Lipinski definition) is 12. The molecule has 69 heavy (non-hydrogen) atoms. The Morgan fingerprint density at radius 2 is 0.826 bits per heavy atom. The molecule has 17 unspecified atom stereocenters. The van der Waals surface area contributed by atoms with Gasteiger partial charge in [0.25, 0.3) is 0 Å². The summed E-state index contributed by atoms with van der Waals surface area (Å²) in [6.07, 6.45) is 2.57. The van der Waals surface area contributed by atoms with Gasteiger partial charge in [0.05, 0.1) is 38.6 Å². The van der Waals surface area contributed by atoms with Crippen molar-refractivity contribution in [3.8, 4) is 0 Å². The van der Waals surface area contributed by atoms with Crippen LogP contribution in [0.1, 0.15) is 181 Å². The van der Waals surface area contributed by atoms with Crippen LogP contribution in [0.2, 0.25) is 0 Å². The average molecular weight is 998 g/mol. The molecule has 408 valence electrons. The van der Waals surface area contributed by atoms with E-state index >= 15 is 0 Å². The highest BCUT2D eigenvalue weighted by Crippen LogP contribution is 2.33. The van der Waals surface area contributed by atoms with Crippen LogP contribution in [0.5, 0.6) is 0 Å². The van der Waals surface area contributed by atoms with Gasteiger partial charge in [0.15, 0.2) is 18.9 Å². The number of unbranched alkanes of at least 4 members (excludes halogenated alkanes) is 22. The van der Waals surface area contributed by atoms with Crippen LogP contribution in [0, 0.1) is 0 Å². The zero-order valence-corrected chi connectivity index (χ0v) is 41.8. The van der Waals surface area contributed by atoms with Crippen molar-refractivity contribution in [2.45, 2.75) is 285 Å². The topological polar surface area (TPSA) is 307 Å². The first-order valence-electron chi connectivity index (χ1n) is 26.8. The van der Waals surface area contributed by atoms with Crippen LogP contribution >= 0.6 is 0 Å². The minimum atomic E-state index is -1.97. The van der Waals surface area contributed by atoms with Gasteiger partial charge in [0.1, 0.15) is 73.2 Å². The molecule has 0 aromatic rings. The maximum Gasteiger partial charge on any atom is 0.220 e. The van der Waals surface area contributed by atoms with Crippen LogP contribution in [-0.4, -0.2) is 193 Å². The summed E-state index contributed by atoms with van der Waals surface area (Å²) in [4.78, 5) is 13.2. The van der Waals surface area contributed by atoms with Crippen LogP contribution in [0.3, 0.4) is 0 Å². The molecule has 17 atom stereocenters. The molecular weight excluding hydrogens is 903 g/mol. The Hall–Kier alpha value is -1.21. The second-order valence-electron chi connectivity index (χ2n) is 19.7. The summed E-state index contributed by atoms with van der Waals surface area (Å²) in [6.45, 7) is 1.70. The highest BCUT2D eigenvalue weighted by Gasteiger charge is 2.53.